The zero-order valence-electron chi connectivity index (χ0n) is 18.4. The lowest BCUT2D eigenvalue weighted by molar-refractivity contribution is -0.213. The molecule has 0 spiro atoms. The summed E-state index contributed by atoms with van der Waals surface area (Å²) in [6, 6.07) is 0. The minimum atomic E-state index is -6.05. The number of fused-ring (bicyclic) bond motifs is 1. The highest BCUT2D eigenvalue weighted by atomic mass is 32.2. The first-order valence-corrected chi connectivity index (χ1v) is 13.3. The third-order valence-electron chi connectivity index (χ3n) is 9.67. The number of hydrogen-bond acceptors (Lipinski definition) is 8. The first-order valence-electron chi connectivity index (χ1n) is 11.8. The lowest BCUT2D eigenvalue weighted by atomic mass is 9.50. The Morgan fingerprint density at radius 1 is 1.12 bits per heavy atom. The predicted octanol–water partition coefficient (Wildman–Crippen LogP) is 1.94. The fourth-order valence-electron chi connectivity index (χ4n) is 8.43. The van der Waals surface area contributed by atoms with Gasteiger partial charge in [0.15, 0.2) is 0 Å². The number of hydrogen-bond donors (Lipinski definition) is 1. The van der Waals surface area contributed by atoms with Crippen LogP contribution in [-0.4, -0.2) is 53.9 Å². The van der Waals surface area contributed by atoms with Crippen LogP contribution in [0.15, 0.2) is 0 Å². The molecule has 0 radical (unpaired) electrons. The molecule has 1 saturated heterocycles. The standard InChI is InChI=1S/C22H26F2O9S/c1-8-11-3-9-2-10(4-11)7-21(8,6-9)33-19(26)15-13-5-12-14(15)18(25)31-16(12)17(13)32-20(27)22(23,24)34(28,29)30/h8-17H,2-7H2,1H3,(H,28,29,30). The molecule has 0 aromatic carbocycles. The van der Waals surface area contributed by atoms with Crippen molar-refractivity contribution in [2.45, 2.75) is 68.5 Å². The average molecular weight is 505 g/mol. The topological polar surface area (TPSA) is 133 Å². The summed E-state index contributed by atoms with van der Waals surface area (Å²) in [5.41, 5.74) is -0.611. The van der Waals surface area contributed by atoms with Gasteiger partial charge in [0, 0.05) is 11.8 Å². The smallest absolute Gasteiger partial charge is 0.459 e. The van der Waals surface area contributed by atoms with Crippen LogP contribution in [0.1, 0.15) is 45.4 Å². The Morgan fingerprint density at radius 2 is 1.76 bits per heavy atom. The van der Waals surface area contributed by atoms with E-state index in [1.54, 1.807) is 0 Å². The lowest BCUT2D eigenvalue weighted by Gasteiger charge is -2.59. The molecular weight excluding hydrogens is 478 g/mol. The Bertz CT molecular complexity index is 1060. The van der Waals surface area contributed by atoms with Crippen molar-refractivity contribution >= 4 is 28.0 Å². The number of rotatable bonds is 5. The molecule has 6 saturated carbocycles. The third-order valence-corrected chi connectivity index (χ3v) is 10.5. The van der Waals surface area contributed by atoms with E-state index in [-0.39, 0.29) is 12.3 Å². The van der Waals surface area contributed by atoms with Crippen molar-refractivity contribution in [3.05, 3.63) is 0 Å². The van der Waals surface area contributed by atoms with Crippen LogP contribution < -0.4 is 0 Å². The first-order chi connectivity index (χ1) is 15.8. The molecule has 9 nitrogen and oxygen atoms in total. The van der Waals surface area contributed by atoms with E-state index < -0.39 is 74.8 Å². The molecule has 12 heteroatoms. The van der Waals surface area contributed by atoms with Crippen molar-refractivity contribution < 1.29 is 50.3 Å². The Balaban J connectivity index is 1.25. The molecule has 1 heterocycles. The molecule has 7 rings (SSSR count). The Kier molecular flexibility index (Phi) is 4.59. The molecule has 6 bridgehead atoms. The Morgan fingerprint density at radius 3 is 2.38 bits per heavy atom. The van der Waals surface area contributed by atoms with Gasteiger partial charge in [-0.1, -0.05) is 6.92 Å². The second-order valence-electron chi connectivity index (χ2n) is 11.3. The first kappa shape index (κ1) is 22.6. The van der Waals surface area contributed by atoms with Crippen LogP contribution in [-0.2, 0) is 38.7 Å². The van der Waals surface area contributed by atoms with Crippen LogP contribution in [0.2, 0.25) is 0 Å². The summed E-state index contributed by atoms with van der Waals surface area (Å²) in [6.07, 6.45) is 2.70. The summed E-state index contributed by atoms with van der Waals surface area (Å²) in [5, 5.41) is -5.18. The van der Waals surface area contributed by atoms with E-state index >= 15 is 0 Å². The molecule has 6 aliphatic carbocycles. The summed E-state index contributed by atoms with van der Waals surface area (Å²) in [4.78, 5) is 38.1. The van der Waals surface area contributed by atoms with Gasteiger partial charge in [0.2, 0.25) is 0 Å². The summed E-state index contributed by atoms with van der Waals surface area (Å²) < 4.78 is 74.5. The molecule has 7 fully saturated rings. The molecule has 9 unspecified atom stereocenters. The average Bonchev–Trinajstić information content (AvgIpc) is 3.34. The van der Waals surface area contributed by atoms with E-state index in [0.29, 0.717) is 17.8 Å². The van der Waals surface area contributed by atoms with Gasteiger partial charge in [0.1, 0.15) is 17.8 Å². The molecule has 7 aliphatic rings. The highest BCUT2D eigenvalue weighted by Gasteiger charge is 2.72. The molecular formula is C22H26F2O9S. The van der Waals surface area contributed by atoms with Crippen molar-refractivity contribution in [2.24, 2.45) is 47.3 Å². The molecule has 0 amide bonds. The van der Waals surface area contributed by atoms with Gasteiger partial charge in [-0.05, 0) is 62.2 Å². The molecule has 188 valence electrons. The second-order valence-corrected chi connectivity index (χ2v) is 12.7. The van der Waals surface area contributed by atoms with Crippen LogP contribution in [0.3, 0.4) is 0 Å². The Labute approximate surface area is 194 Å². The van der Waals surface area contributed by atoms with Crippen LogP contribution in [0.25, 0.3) is 0 Å². The predicted molar refractivity (Wildman–Crippen MR) is 106 cm³/mol. The fraction of sp³-hybridized carbons (Fsp3) is 0.864. The molecule has 9 atom stereocenters. The van der Waals surface area contributed by atoms with Gasteiger partial charge in [0.25, 0.3) is 0 Å². The number of esters is 3. The molecule has 1 aliphatic heterocycles. The SMILES string of the molecule is CC1C2CC3CC(C2)CC1(OC(=O)C1C2CC4C(OC(=O)C41)C2OC(=O)C(F)(F)S(=O)(=O)O)C3. The summed E-state index contributed by atoms with van der Waals surface area (Å²) >= 11 is 0. The monoisotopic (exact) mass is 504 g/mol. The summed E-state index contributed by atoms with van der Waals surface area (Å²) in [7, 11) is -6.05. The number of alkyl halides is 2. The van der Waals surface area contributed by atoms with Gasteiger partial charge >= 0.3 is 33.3 Å². The van der Waals surface area contributed by atoms with E-state index in [9.17, 15) is 31.6 Å². The minimum absolute atomic E-state index is 0.174. The zero-order chi connectivity index (χ0) is 24.4. The van der Waals surface area contributed by atoms with E-state index in [2.05, 4.69) is 6.92 Å². The molecule has 1 N–H and O–H groups in total. The van der Waals surface area contributed by atoms with Crippen LogP contribution in [0.5, 0.6) is 0 Å². The van der Waals surface area contributed by atoms with E-state index in [1.807, 2.05) is 0 Å². The number of halogens is 2. The van der Waals surface area contributed by atoms with Crippen molar-refractivity contribution in [3.8, 4) is 0 Å². The van der Waals surface area contributed by atoms with Gasteiger partial charge in [-0.25, -0.2) is 4.79 Å². The molecule has 0 aromatic rings. The van der Waals surface area contributed by atoms with Crippen LogP contribution in [0, 0.1) is 47.3 Å². The summed E-state index contributed by atoms with van der Waals surface area (Å²) in [5.74, 6) is -5.23. The van der Waals surface area contributed by atoms with E-state index in [4.69, 9.17) is 18.8 Å². The zero-order valence-corrected chi connectivity index (χ0v) is 19.2. The molecule has 34 heavy (non-hydrogen) atoms. The normalized spacial score (nSPS) is 48.2. The Hall–Kier alpha value is -1.82. The number of ether oxygens (including phenoxy) is 3. The van der Waals surface area contributed by atoms with Gasteiger partial charge in [-0.15, -0.1) is 0 Å². The van der Waals surface area contributed by atoms with Gasteiger partial charge in [-0.3, -0.25) is 14.1 Å². The second kappa shape index (κ2) is 6.89. The number of carbonyl (C=O) groups is 3. The fourth-order valence-corrected chi connectivity index (χ4v) is 8.69. The number of carbonyl (C=O) groups excluding carboxylic acids is 3. The van der Waals surface area contributed by atoms with E-state index in [0.717, 1.165) is 32.1 Å². The largest absolute Gasteiger partial charge is 0.465 e. The van der Waals surface area contributed by atoms with Crippen molar-refractivity contribution in [1.82, 2.24) is 0 Å². The summed E-state index contributed by atoms with van der Waals surface area (Å²) in [6.45, 7) is 2.10. The van der Waals surface area contributed by atoms with Crippen LogP contribution >= 0.6 is 0 Å². The third kappa shape index (κ3) is 2.90. The van der Waals surface area contributed by atoms with Crippen molar-refractivity contribution in [1.29, 1.82) is 0 Å². The highest BCUT2D eigenvalue weighted by molar-refractivity contribution is 7.87. The quantitative estimate of drug-likeness (QED) is 0.339. The van der Waals surface area contributed by atoms with Gasteiger partial charge in [-0.2, -0.15) is 17.2 Å². The maximum Gasteiger partial charge on any atom is 0.465 e. The van der Waals surface area contributed by atoms with Crippen LogP contribution in [0.4, 0.5) is 8.78 Å². The minimum Gasteiger partial charge on any atom is -0.459 e. The highest BCUT2D eigenvalue weighted by Crippen LogP contribution is 2.62. The van der Waals surface area contributed by atoms with E-state index in [1.165, 1.54) is 0 Å². The van der Waals surface area contributed by atoms with Crippen molar-refractivity contribution in [3.63, 3.8) is 0 Å². The van der Waals surface area contributed by atoms with Gasteiger partial charge < -0.3 is 14.2 Å². The van der Waals surface area contributed by atoms with Gasteiger partial charge in [0.05, 0.1) is 11.8 Å². The van der Waals surface area contributed by atoms with Crippen molar-refractivity contribution in [2.75, 3.05) is 0 Å². The maximum atomic E-state index is 13.8. The maximum absolute atomic E-state index is 13.8. The lowest BCUT2D eigenvalue weighted by Crippen LogP contribution is -2.59. The molecule has 0 aromatic heterocycles.